The normalized spacial score (nSPS) is 10.5. The Kier molecular flexibility index (Phi) is 6.02. The van der Waals surface area contributed by atoms with Crippen LogP contribution in [0.1, 0.15) is 11.1 Å². The number of methoxy groups -OCH3 is 1. The molecule has 4 nitrogen and oxygen atoms in total. The van der Waals surface area contributed by atoms with E-state index in [0.717, 1.165) is 16.3 Å². The molecule has 3 aromatic rings. The number of rotatable bonds is 7. The molecule has 2 aromatic carbocycles. The van der Waals surface area contributed by atoms with E-state index in [1.807, 2.05) is 41.8 Å². The van der Waals surface area contributed by atoms with Gasteiger partial charge in [-0.25, -0.2) is 4.98 Å². The van der Waals surface area contributed by atoms with Crippen molar-refractivity contribution in [3.63, 3.8) is 0 Å². The fourth-order valence-electron chi connectivity index (χ4n) is 2.27. The highest BCUT2D eigenvalue weighted by Gasteiger charge is 2.13. The fourth-order valence-corrected chi connectivity index (χ4v) is 3.28. The highest BCUT2D eigenvalue weighted by molar-refractivity contribution is 7.13. The Morgan fingerprint density at radius 3 is 2.72 bits per heavy atom. The zero-order valence-corrected chi connectivity index (χ0v) is 15.8. The maximum atomic E-state index is 6.40. The number of aromatic nitrogens is 1. The number of nitrogens with zero attached hydrogens (tertiary/aromatic N) is 1. The van der Waals surface area contributed by atoms with Crippen molar-refractivity contribution in [3.8, 4) is 11.5 Å². The maximum Gasteiger partial charge on any atom is 0.182 e. The summed E-state index contributed by atoms with van der Waals surface area (Å²) in [6.07, 6.45) is 1.76. The molecule has 3 rings (SSSR count). The van der Waals surface area contributed by atoms with Gasteiger partial charge in [0.05, 0.1) is 12.1 Å². The van der Waals surface area contributed by atoms with Gasteiger partial charge in [0.15, 0.2) is 16.6 Å². The Balaban J connectivity index is 1.74. The van der Waals surface area contributed by atoms with E-state index in [-0.39, 0.29) is 0 Å². The lowest BCUT2D eigenvalue weighted by Gasteiger charge is -2.15. The van der Waals surface area contributed by atoms with Crippen molar-refractivity contribution in [2.24, 2.45) is 0 Å². The standard InChI is InChI=1S/C18H16Cl2N2O2S/c1-23-16-9-12(10-22-18-21-6-7-25-18)8-15(20)17(16)24-11-13-4-2-3-5-14(13)19/h2-9H,10-11H2,1H3,(H,21,22). The van der Waals surface area contributed by atoms with Crippen LogP contribution in [-0.4, -0.2) is 12.1 Å². The number of thiazole rings is 1. The topological polar surface area (TPSA) is 43.4 Å². The summed E-state index contributed by atoms with van der Waals surface area (Å²) >= 11 is 14.1. The zero-order valence-electron chi connectivity index (χ0n) is 13.5. The van der Waals surface area contributed by atoms with E-state index in [1.54, 1.807) is 24.6 Å². The van der Waals surface area contributed by atoms with Gasteiger partial charge in [-0.2, -0.15) is 0 Å². The summed E-state index contributed by atoms with van der Waals surface area (Å²) < 4.78 is 11.3. The second kappa shape index (κ2) is 8.43. The lowest BCUT2D eigenvalue weighted by atomic mass is 10.2. The van der Waals surface area contributed by atoms with Crippen LogP contribution in [0.3, 0.4) is 0 Å². The third kappa shape index (κ3) is 4.57. The molecule has 0 radical (unpaired) electrons. The molecule has 0 aliphatic heterocycles. The van der Waals surface area contributed by atoms with Crippen LogP contribution in [0.2, 0.25) is 10.0 Å². The summed E-state index contributed by atoms with van der Waals surface area (Å²) in [5.74, 6) is 1.08. The van der Waals surface area contributed by atoms with Gasteiger partial charge < -0.3 is 14.8 Å². The van der Waals surface area contributed by atoms with Crippen LogP contribution in [0.5, 0.6) is 11.5 Å². The maximum absolute atomic E-state index is 6.40. The van der Waals surface area contributed by atoms with E-state index in [9.17, 15) is 0 Å². The van der Waals surface area contributed by atoms with Gasteiger partial charge in [-0.3, -0.25) is 0 Å². The average molecular weight is 395 g/mol. The SMILES string of the molecule is COc1cc(CNc2nccs2)cc(Cl)c1OCc1ccccc1Cl. The summed E-state index contributed by atoms with van der Waals surface area (Å²) in [5.41, 5.74) is 1.86. The first-order valence-electron chi connectivity index (χ1n) is 7.53. The minimum atomic E-state index is 0.312. The van der Waals surface area contributed by atoms with Gasteiger partial charge in [-0.1, -0.05) is 41.4 Å². The Morgan fingerprint density at radius 2 is 2.00 bits per heavy atom. The minimum absolute atomic E-state index is 0.312. The zero-order chi connectivity index (χ0) is 17.6. The second-order valence-electron chi connectivity index (χ2n) is 5.18. The highest BCUT2D eigenvalue weighted by Crippen LogP contribution is 2.37. The molecule has 0 amide bonds. The average Bonchev–Trinajstić information content (AvgIpc) is 3.13. The third-order valence-electron chi connectivity index (χ3n) is 3.50. The van der Waals surface area contributed by atoms with Crippen molar-refractivity contribution in [1.29, 1.82) is 0 Å². The first kappa shape index (κ1) is 17.9. The van der Waals surface area contributed by atoms with Crippen LogP contribution in [0.15, 0.2) is 48.0 Å². The van der Waals surface area contributed by atoms with E-state index in [4.69, 9.17) is 32.7 Å². The molecule has 0 aliphatic rings. The van der Waals surface area contributed by atoms with Gasteiger partial charge in [-0.15, -0.1) is 11.3 Å². The Bertz CT molecular complexity index is 841. The molecule has 0 unspecified atom stereocenters. The molecule has 7 heteroatoms. The van der Waals surface area contributed by atoms with Crippen LogP contribution < -0.4 is 14.8 Å². The van der Waals surface area contributed by atoms with Gasteiger partial charge in [0.25, 0.3) is 0 Å². The van der Waals surface area contributed by atoms with Crippen LogP contribution in [0.4, 0.5) is 5.13 Å². The van der Waals surface area contributed by atoms with E-state index < -0.39 is 0 Å². The molecule has 1 heterocycles. The van der Waals surface area contributed by atoms with Crippen LogP contribution in [0, 0.1) is 0 Å². The molecule has 0 spiro atoms. The number of benzene rings is 2. The summed E-state index contributed by atoms with van der Waals surface area (Å²) in [5, 5.41) is 7.16. The van der Waals surface area contributed by atoms with E-state index in [0.29, 0.717) is 34.7 Å². The highest BCUT2D eigenvalue weighted by atomic mass is 35.5. The van der Waals surface area contributed by atoms with Gasteiger partial charge in [0, 0.05) is 28.7 Å². The monoisotopic (exact) mass is 394 g/mol. The van der Waals surface area contributed by atoms with Gasteiger partial charge in [0.1, 0.15) is 6.61 Å². The summed E-state index contributed by atoms with van der Waals surface area (Å²) in [6, 6.07) is 11.3. The molecule has 0 bridgehead atoms. The molecule has 1 aromatic heterocycles. The molecule has 130 valence electrons. The largest absolute Gasteiger partial charge is 0.493 e. The summed E-state index contributed by atoms with van der Waals surface area (Å²) in [6.45, 7) is 0.904. The van der Waals surface area contributed by atoms with Crippen LogP contribution in [-0.2, 0) is 13.2 Å². The van der Waals surface area contributed by atoms with Crippen molar-refractivity contribution < 1.29 is 9.47 Å². The first-order valence-corrected chi connectivity index (χ1v) is 9.17. The Labute approximate surface area is 160 Å². The van der Waals surface area contributed by atoms with Crippen molar-refractivity contribution in [1.82, 2.24) is 4.98 Å². The van der Waals surface area contributed by atoms with Gasteiger partial charge in [-0.05, 0) is 23.8 Å². The van der Waals surface area contributed by atoms with Crippen LogP contribution in [0.25, 0.3) is 0 Å². The number of hydrogen-bond acceptors (Lipinski definition) is 5. The molecule has 0 aliphatic carbocycles. The molecule has 0 saturated heterocycles. The Morgan fingerprint density at radius 1 is 1.16 bits per heavy atom. The van der Waals surface area contributed by atoms with Crippen molar-refractivity contribution in [2.75, 3.05) is 12.4 Å². The molecule has 0 saturated carbocycles. The number of hydrogen-bond donors (Lipinski definition) is 1. The second-order valence-corrected chi connectivity index (χ2v) is 6.89. The number of anilines is 1. The number of ether oxygens (including phenoxy) is 2. The Hall–Kier alpha value is -1.95. The molecule has 0 fully saturated rings. The quantitative estimate of drug-likeness (QED) is 0.562. The van der Waals surface area contributed by atoms with E-state index in [2.05, 4.69) is 10.3 Å². The molecular weight excluding hydrogens is 379 g/mol. The molecule has 1 N–H and O–H groups in total. The summed E-state index contributed by atoms with van der Waals surface area (Å²) in [4.78, 5) is 4.19. The smallest absolute Gasteiger partial charge is 0.182 e. The predicted octanol–water partition coefficient (Wildman–Crippen LogP) is 5.65. The lowest BCUT2D eigenvalue weighted by Crippen LogP contribution is -2.02. The predicted molar refractivity (Wildman–Crippen MR) is 103 cm³/mol. The fraction of sp³-hybridized carbons (Fsp3) is 0.167. The molecule has 0 atom stereocenters. The number of halogens is 2. The van der Waals surface area contributed by atoms with Crippen LogP contribution >= 0.6 is 34.5 Å². The minimum Gasteiger partial charge on any atom is -0.493 e. The summed E-state index contributed by atoms with van der Waals surface area (Å²) in [7, 11) is 1.59. The van der Waals surface area contributed by atoms with Crippen molar-refractivity contribution in [2.45, 2.75) is 13.2 Å². The molecule has 25 heavy (non-hydrogen) atoms. The number of nitrogens with one attached hydrogen (secondary N) is 1. The van der Waals surface area contributed by atoms with Gasteiger partial charge >= 0.3 is 0 Å². The first-order chi connectivity index (χ1) is 12.2. The van der Waals surface area contributed by atoms with Crippen molar-refractivity contribution in [3.05, 3.63) is 69.1 Å². The van der Waals surface area contributed by atoms with Gasteiger partial charge in [0.2, 0.25) is 0 Å². The lowest BCUT2D eigenvalue weighted by molar-refractivity contribution is 0.284. The van der Waals surface area contributed by atoms with Crippen molar-refractivity contribution >= 4 is 39.7 Å². The van der Waals surface area contributed by atoms with E-state index in [1.165, 1.54) is 0 Å². The molecular formula is C18H16Cl2N2O2S. The third-order valence-corrected chi connectivity index (χ3v) is 4.88. The van der Waals surface area contributed by atoms with E-state index >= 15 is 0 Å².